The molecule has 8 aliphatic rings. The summed E-state index contributed by atoms with van der Waals surface area (Å²) in [5.74, 6) is 1.87. The van der Waals surface area contributed by atoms with Gasteiger partial charge in [-0.2, -0.15) is 21.0 Å². The number of hydrogen-bond acceptors (Lipinski definition) is 20. The fraction of sp³-hybridized carbons (Fsp3) is 0.543. The molecule has 520 valence electrons. The predicted octanol–water partition coefficient (Wildman–Crippen LogP) is 10.2. The molecule has 0 spiro atoms. The zero-order chi connectivity index (χ0) is 70.3. The van der Waals surface area contributed by atoms with E-state index in [-0.39, 0.29) is 62.9 Å². The number of benzene rings is 4. The summed E-state index contributed by atoms with van der Waals surface area (Å²) in [5.41, 5.74) is 0.0923. The van der Waals surface area contributed by atoms with Crippen LogP contribution in [0.4, 0.5) is 0 Å². The van der Waals surface area contributed by atoms with Gasteiger partial charge >= 0.3 is 15.6 Å². The maximum atomic E-state index is 13.4. The van der Waals surface area contributed by atoms with Crippen molar-refractivity contribution in [1.29, 1.82) is 21.0 Å². The van der Waals surface area contributed by atoms with Crippen molar-refractivity contribution >= 4 is 39.3 Å². The van der Waals surface area contributed by atoms with E-state index in [4.69, 9.17) is 46.5 Å². The Morgan fingerprint density at radius 3 is 0.898 bits per heavy atom. The summed E-state index contributed by atoms with van der Waals surface area (Å²) in [7, 11) is -9.41. The first-order valence-corrected chi connectivity index (χ1v) is 36.1. The molecule has 26 nitrogen and oxygen atoms in total. The first-order chi connectivity index (χ1) is 46.5. The van der Waals surface area contributed by atoms with Crippen molar-refractivity contribution in [3.8, 4) is 47.3 Å². The van der Waals surface area contributed by atoms with E-state index in [2.05, 4.69) is 24.3 Å². The number of fused-ring (bicyclic) bond motifs is 4. The molecule has 0 saturated carbocycles. The van der Waals surface area contributed by atoms with Crippen LogP contribution >= 0.6 is 15.6 Å². The van der Waals surface area contributed by atoms with E-state index in [1.807, 2.05) is 27.7 Å². The number of amides is 4. The Bertz CT molecular complexity index is 3790. The summed E-state index contributed by atoms with van der Waals surface area (Å²) in [6.45, 7) is 16.2. The second kappa shape index (κ2) is 28.4. The molecule has 4 aromatic carbocycles. The van der Waals surface area contributed by atoms with Crippen molar-refractivity contribution in [2.75, 3.05) is 52.6 Å². The summed E-state index contributed by atoms with van der Waals surface area (Å²) in [4.78, 5) is 80.5. The molecular weight excluding hydrogens is 1300 g/mol. The van der Waals surface area contributed by atoms with Gasteiger partial charge in [0.2, 0.25) is 23.6 Å². The van der Waals surface area contributed by atoms with Crippen LogP contribution in [0.1, 0.15) is 188 Å². The largest absolute Gasteiger partial charge is 0.485 e. The van der Waals surface area contributed by atoms with Crippen molar-refractivity contribution in [1.82, 2.24) is 19.6 Å². The standard InChI is InChI=1S/2C35H41N4O9P/c2*1-34(2)32(30(38-14-5-8-28(38)40)24-18-22(20-36)10-12-26(24)46-34)44-16-7-17-45-49(42,43)48-33-31(39-15-6-9-29(39)41)25-19-23(21-37)11-13-27(25)47-35(33,3)4/h2*10-13,18-19,30-33H,5-9,14-17H2,1-4H3,(H,42,43)/t30?,31-,32-,33-;30-,31-,32+,33+/m00/s1. The number of hydrogen-bond donors (Lipinski definition) is 2. The van der Waals surface area contributed by atoms with Gasteiger partial charge in [-0.05, 0) is 167 Å². The van der Waals surface area contributed by atoms with E-state index in [1.54, 1.807) is 120 Å². The zero-order valence-electron chi connectivity index (χ0n) is 56.2. The van der Waals surface area contributed by atoms with Gasteiger partial charge < -0.3 is 57.8 Å². The van der Waals surface area contributed by atoms with E-state index in [9.17, 15) is 59.1 Å². The van der Waals surface area contributed by atoms with Crippen LogP contribution in [0.25, 0.3) is 0 Å². The molecule has 8 heterocycles. The quantitative estimate of drug-likeness (QED) is 0.0613. The highest BCUT2D eigenvalue weighted by Gasteiger charge is 2.56. The Morgan fingerprint density at radius 1 is 0.418 bits per heavy atom. The van der Waals surface area contributed by atoms with Crippen LogP contribution in [-0.4, -0.2) is 152 Å². The van der Waals surface area contributed by atoms with Gasteiger partial charge in [0.15, 0.2) is 0 Å². The fourth-order valence-electron chi connectivity index (χ4n) is 14.7. The van der Waals surface area contributed by atoms with E-state index in [0.29, 0.717) is 132 Å². The Kier molecular flexibility index (Phi) is 20.6. The summed E-state index contributed by atoms with van der Waals surface area (Å²) in [6.07, 6.45) is 1.24. The van der Waals surface area contributed by atoms with Gasteiger partial charge in [-0.15, -0.1) is 0 Å². The van der Waals surface area contributed by atoms with Gasteiger partial charge in [-0.25, -0.2) is 9.13 Å². The average Bonchev–Trinajstić information content (AvgIpc) is 1.09. The molecule has 0 bridgehead atoms. The minimum Gasteiger partial charge on any atom is -0.485 e. The van der Waals surface area contributed by atoms with Crippen LogP contribution in [0.5, 0.6) is 23.0 Å². The highest BCUT2D eigenvalue weighted by Crippen LogP contribution is 2.57. The smallest absolute Gasteiger partial charge is 0.472 e. The number of rotatable bonds is 20. The number of carbonyl (C=O) groups is 4. The van der Waals surface area contributed by atoms with E-state index < -0.39 is 86.6 Å². The molecule has 0 radical (unpaired) electrons. The lowest BCUT2D eigenvalue weighted by Crippen LogP contribution is -2.55. The van der Waals surface area contributed by atoms with Crippen LogP contribution < -0.4 is 18.9 Å². The first-order valence-electron chi connectivity index (χ1n) is 33.1. The molecule has 12 rings (SSSR count). The number of nitrogens with zero attached hydrogens (tertiary/aromatic N) is 8. The molecule has 2 N–H and O–H groups in total. The van der Waals surface area contributed by atoms with Gasteiger partial charge in [0.1, 0.15) is 69.8 Å². The normalized spacial score (nSPS) is 26.5. The Hall–Kier alpha value is -7.94. The summed E-state index contributed by atoms with van der Waals surface area (Å²) < 4.78 is 87.2. The lowest BCUT2D eigenvalue weighted by atomic mass is 9.84. The number of likely N-dealkylation sites (tertiary alicyclic amines) is 4. The Labute approximate surface area is 569 Å². The molecule has 4 aromatic rings. The van der Waals surface area contributed by atoms with Crippen molar-refractivity contribution in [3.05, 3.63) is 117 Å². The van der Waals surface area contributed by atoms with Crippen molar-refractivity contribution in [2.24, 2.45) is 0 Å². The maximum absolute atomic E-state index is 13.4. The highest BCUT2D eigenvalue weighted by atomic mass is 31.2. The number of nitriles is 4. The van der Waals surface area contributed by atoms with Gasteiger partial charge in [0.25, 0.3) is 0 Å². The van der Waals surface area contributed by atoms with Gasteiger partial charge in [-0.1, -0.05) is 0 Å². The lowest BCUT2D eigenvalue weighted by Gasteiger charge is -2.47. The predicted molar refractivity (Wildman–Crippen MR) is 348 cm³/mol. The molecule has 3 unspecified atom stereocenters. The monoisotopic (exact) mass is 1380 g/mol. The number of carbonyl (C=O) groups excluding carboxylic acids is 4. The number of phosphoric ester groups is 2. The Morgan fingerprint density at radius 2 is 0.663 bits per heavy atom. The fourth-order valence-corrected chi connectivity index (χ4v) is 16.8. The molecule has 10 atom stereocenters. The minimum absolute atomic E-state index is 0.00124. The lowest BCUT2D eigenvalue weighted by molar-refractivity contribution is -0.149. The summed E-state index contributed by atoms with van der Waals surface area (Å²) >= 11 is 0. The van der Waals surface area contributed by atoms with E-state index in [0.717, 1.165) is 12.8 Å². The second-order valence-corrected chi connectivity index (χ2v) is 30.6. The first kappa shape index (κ1) is 71.3. The summed E-state index contributed by atoms with van der Waals surface area (Å²) in [5, 5.41) is 38.2. The molecule has 28 heteroatoms. The van der Waals surface area contributed by atoms with Gasteiger partial charge in [0.05, 0.1) is 83.9 Å². The number of ether oxygens (including phenoxy) is 6. The highest BCUT2D eigenvalue weighted by molar-refractivity contribution is 7.47. The molecule has 4 fully saturated rings. The maximum Gasteiger partial charge on any atom is 0.472 e. The van der Waals surface area contributed by atoms with Crippen LogP contribution in [0.15, 0.2) is 72.8 Å². The molecule has 0 aromatic heterocycles. The molecule has 4 saturated heterocycles. The molecular formula is C70H82N8O18P2. The van der Waals surface area contributed by atoms with Crippen LogP contribution in [0, 0.1) is 45.3 Å². The van der Waals surface area contributed by atoms with Gasteiger partial charge in [0, 0.05) is 87.3 Å². The zero-order valence-corrected chi connectivity index (χ0v) is 58.0. The third kappa shape index (κ3) is 14.8. The average molecular weight is 1390 g/mol. The number of phosphoric acid groups is 2. The van der Waals surface area contributed by atoms with Crippen LogP contribution in [0.3, 0.4) is 0 Å². The SMILES string of the molecule is CC1(C)Oc2ccc(C#N)cc2C(N2CCCC2=O)[C@@H]1OCCCOP(=O)(O)O[C@H]1[C@@H](N2CCCC2=O)c2cc(C#N)ccc2OC1(C)C.CC1(C)Oc2ccc(C#N)cc2[C@H](N2CCCC2=O)[C@H]1OCCCOP(=O)(O)O[C@@H]1[C@@H](N2CCCC2=O)c2cc(C#N)ccc2OC1(C)C. The van der Waals surface area contributed by atoms with E-state index >= 15 is 0 Å². The minimum atomic E-state index is -4.70. The molecule has 0 aliphatic carbocycles. The molecule has 4 amide bonds. The second-order valence-electron chi connectivity index (χ2n) is 27.8. The molecule has 8 aliphatic heterocycles. The van der Waals surface area contributed by atoms with Crippen molar-refractivity contribution < 1.29 is 84.6 Å². The van der Waals surface area contributed by atoms with Crippen LogP contribution in [-0.2, 0) is 55.9 Å². The van der Waals surface area contributed by atoms with Gasteiger partial charge in [-0.3, -0.25) is 37.3 Å². The third-order valence-electron chi connectivity index (χ3n) is 19.2. The van der Waals surface area contributed by atoms with Crippen LogP contribution in [0.2, 0.25) is 0 Å². The topological polar surface area (TPSA) is 343 Å². The van der Waals surface area contributed by atoms with E-state index in [1.165, 1.54) is 0 Å². The molecule has 98 heavy (non-hydrogen) atoms. The van der Waals surface area contributed by atoms with Crippen molar-refractivity contribution in [2.45, 2.75) is 191 Å². The van der Waals surface area contributed by atoms with Crippen molar-refractivity contribution in [3.63, 3.8) is 0 Å². The Balaban J connectivity index is 0.000000198. The summed E-state index contributed by atoms with van der Waals surface area (Å²) in [6, 6.07) is 26.1. The third-order valence-corrected chi connectivity index (χ3v) is 21.2.